The molecule has 0 aromatic heterocycles. The van der Waals surface area contributed by atoms with Crippen LogP contribution in [0, 0.1) is 5.92 Å². The van der Waals surface area contributed by atoms with Gasteiger partial charge < -0.3 is 11.1 Å². The van der Waals surface area contributed by atoms with Gasteiger partial charge in [-0.05, 0) is 44.6 Å². The largest absolute Gasteiger partial charge is 0.329 e. The van der Waals surface area contributed by atoms with E-state index in [0.717, 1.165) is 19.0 Å². The Bertz CT molecular complexity index is 148. The van der Waals surface area contributed by atoms with Crippen LogP contribution in [-0.4, -0.2) is 18.6 Å². The van der Waals surface area contributed by atoms with Gasteiger partial charge in [-0.15, -0.1) is 0 Å². The van der Waals surface area contributed by atoms with Crippen molar-refractivity contribution in [3.8, 4) is 0 Å². The van der Waals surface area contributed by atoms with Crippen LogP contribution >= 0.6 is 0 Å². The zero-order valence-electron chi connectivity index (χ0n) is 9.81. The van der Waals surface area contributed by atoms with Gasteiger partial charge >= 0.3 is 0 Å². The fourth-order valence-corrected chi connectivity index (χ4v) is 2.48. The minimum atomic E-state index is 0.279. The van der Waals surface area contributed by atoms with Crippen molar-refractivity contribution in [1.82, 2.24) is 5.32 Å². The van der Waals surface area contributed by atoms with Crippen molar-refractivity contribution in [2.45, 2.75) is 57.9 Å². The predicted molar refractivity (Wildman–Crippen MR) is 62.3 cm³/mol. The lowest BCUT2D eigenvalue weighted by atomic mass is 9.75. The van der Waals surface area contributed by atoms with Gasteiger partial charge in [-0.2, -0.15) is 0 Å². The van der Waals surface area contributed by atoms with Crippen molar-refractivity contribution in [3.63, 3.8) is 0 Å². The summed E-state index contributed by atoms with van der Waals surface area (Å²) in [6.07, 6.45) is 7.84. The van der Waals surface area contributed by atoms with Crippen LogP contribution in [0.4, 0.5) is 0 Å². The topological polar surface area (TPSA) is 38.0 Å². The smallest absolute Gasteiger partial charge is 0.0304 e. The number of nitrogens with two attached hydrogens (primary N) is 1. The maximum atomic E-state index is 5.90. The summed E-state index contributed by atoms with van der Waals surface area (Å²) in [5.41, 5.74) is 6.18. The summed E-state index contributed by atoms with van der Waals surface area (Å²) in [7, 11) is 0. The van der Waals surface area contributed by atoms with Gasteiger partial charge in [0.2, 0.25) is 0 Å². The van der Waals surface area contributed by atoms with E-state index in [4.69, 9.17) is 5.73 Å². The number of nitrogens with one attached hydrogen (secondary N) is 1. The molecule has 1 aliphatic carbocycles. The maximum absolute atomic E-state index is 5.90. The number of hydrogen-bond acceptors (Lipinski definition) is 2. The molecule has 0 radical (unpaired) electrons. The quantitative estimate of drug-likeness (QED) is 0.711. The summed E-state index contributed by atoms with van der Waals surface area (Å²) in [6, 6.07) is 0. The predicted octanol–water partition coefficient (Wildman–Crippen LogP) is 2.28. The molecule has 1 fully saturated rings. The average molecular weight is 198 g/mol. The van der Waals surface area contributed by atoms with Crippen LogP contribution in [0.15, 0.2) is 0 Å². The Hall–Kier alpha value is -0.0800. The third kappa shape index (κ3) is 2.96. The van der Waals surface area contributed by atoms with Crippen molar-refractivity contribution >= 4 is 0 Å². The third-order valence-electron chi connectivity index (χ3n) is 3.78. The molecule has 0 amide bonds. The second kappa shape index (κ2) is 5.72. The molecular formula is C12H26N2. The summed E-state index contributed by atoms with van der Waals surface area (Å²) < 4.78 is 0. The van der Waals surface area contributed by atoms with E-state index in [-0.39, 0.29) is 5.54 Å². The zero-order chi connectivity index (χ0) is 10.4. The minimum Gasteiger partial charge on any atom is -0.329 e. The summed E-state index contributed by atoms with van der Waals surface area (Å²) in [4.78, 5) is 0. The lowest BCUT2D eigenvalue weighted by Crippen LogP contribution is -2.53. The Morgan fingerprint density at radius 2 is 1.93 bits per heavy atom. The van der Waals surface area contributed by atoms with Crippen molar-refractivity contribution in [2.24, 2.45) is 11.7 Å². The summed E-state index contributed by atoms with van der Waals surface area (Å²) in [5.74, 6) is 0.957. The fourth-order valence-electron chi connectivity index (χ4n) is 2.48. The summed E-state index contributed by atoms with van der Waals surface area (Å²) >= 11 is 0. The molecule has 0 bridgehead atoms. The molecule has 0 saturated heterocycles. The van der Waals surface area contributed by atoms with E-state index in [1.54, 1.807) is 0 Å². The van der Waals surface area contributed by atoms with Crippen molar-refractivity contribution in [1.29, 1.82) is 0 Å². The average Bonchev–Trinajstić information content (AvgIpc) is 2.27. The third-order valence-corrected chi connectivity index (χ3v) is 3.78. The highest BCUT2D eigenvalue weighted by Crippen LogP contribution is 2.32. The molecule has 84 valence electrons. The molecule has 0 spiro atoms. The van der Waals surface area contributed by atoms with Crippen LogP contribution in [-0.2, 0) is 0 Å². The molecule has 1 saturated carbocycles. The SMILES string of the molecule is CCCNC1(CN)CCC(CC)CC1. The Labute approximate surface area is 88.6 Å². The summed E-state index contributed by atoms with van der Waals surface area (Å²) in [6.45, 7) is 6.45. The lowest BCUT2D eigenvalue weighted by molar-refractivity contribution is 0.191. The molecule has 3 N–H and O–H groups in total. The van der Waals surface area contributed by atoms with Gasteiger partial charge in [0.15, 0.2) is 0 Å². The highest BCUT2D eigenvalue weighted by molar-refractivity contribution is 4.93. The van der Waals surface area contributed by atoms with Gasteiger partial charge in [-0.25, -0.2) is 0 Å². The van der Waals surface area contributed by atoms with E-state index in [0.29, 0.717) is 0 Å². The molecule has 0 heterocycles. The normalized spacial score (nSPS) is 33.2. The van der Waals surface area contributed by atoms with Gasteiger partial charge in [0.05, 0.1) is 0 Å². The van der Waals surface area contributed by atoms with E-state index in [2.05, 4.69) is 19.2 Å². The number of hydrogen-bond donors (Lipinski definition) is 2. The van der Waals surface area contributed by atoms with Crippen LogP contribution in [0.3, 0.4) is 0 Å². The maximum Gasteiger partial charge on any atom is 0.0304 e. The van der Waals surface area contributed by atoms with Crippen molar-refractivity contribution in [3.05, 3.63) is 0 Å². The Kier molecular flexibility index (Phi) is 4.90. The van der Waals surface area contributed by atoms with E-state index in [1.165, 1.54) is 38.5 Å². The van der Waals surface area contributed by atoms with Crippen LogP contribution in [0.1, 0.15) is 52.4 Å². The standard InChI is InChI=1S/C12H26N2/c1-3-9-14-12(10-13)7-5-11(4-2)6-8-12/h11,14H,3-10,13H2,1-2H3. The Balaban J connectivity index is 2.39. The molecule has 0 atom stereocenters. The molecule has 1 rings (SSSR count). The molecular weight excluding hydrogens is 172 g/mol. The Morgan fingerprint density at radius 3 is 2.36 bits per heavy atom. The zero-order valence-corrected chi connectivity index (χ0v) is 9.81. The van der Waals surface area contributed by atoms with E-state index < -0.39 is 0 Å². The van der Waals surface area contributed by atoms with Gasteiger partial charge in [0, 0.05) is 12.1 Å². The molecule has 0 aliphatic heterocycles. The first-order valence-electron chi connectivity index (χ1n) is 6.21. The van der Waals surface area contributed by atoms with Crippen LogP contribution in [0.2, 0.25) is 0 Å². The molecule has 2 heteroatoms. The molecule has 0 unspecified atom stereocenters. The van der Waals surface area contributed by atoms with Crippen LogP contribution < -0.4 is 11.1 Å². The second-order valence-corrected chi connectivity index (χ2v) is 4.76. The van der Waals surface area contributed by atoms with Crippen LogP contribution in [0.5, 0.6) is 0 Å². The summed E-state index contributed by atoms with van der Waals surface area (Å²) in [5, 5.41) is 3.65. The molecule has 14 heavy (non-hydrogen) atoms. The monoisotopic (exact) mass is 198 g/mol. The second-order valence-electron chi connectivity index (χ2n) is 4.76. The highest BCUT2D eigenvalue weighted by atomic mass is 15.0. The van der Waals surface area contributed by atoms with E-state index in [9.17, 15) is 0 Å². The van der Waals surface area contributed by atoms with Gasteiger partial charge in [-0.1, -0.05) is 20.3 Å². The minimum absolute atomic E-state index is 0.279. The lowest BCUT2D eigenvalue weighted by Gasteiger charge is -2.40. The van der Waals surface area contributed by atoms with Crippen molar-refractivity contribution in [2.75, 3.05) is 13.1 Å². The molecule has 2 nitrogen and oxygen atoms in total. The van der Waals surface area contributed by atoms with Crippen molar-refractivity contribution < 1.29 is 0 Å². The van der Waals surface area contributed by atoms with Crippen LogP contribution in [0.25, 0.3) is 0 Å². The van der Waals surface area contributed by atoms with Gasteiger partial charge in [0.25, 0.3) is 0 Å². The molecule has 0 aromatic rings. The number of rotatable bonds is 5. The first kappa shape index (κ1) is 12.0. The van der Waals surface area contributed by atoms with Gasteiger partial charge in [-0.3, -0.25) is 0 Å². The first-order chi connectivity index (χ1) is 6.76. The molecule has 0 aromatic carbocycles. The fraction of sp³-hybridized carbons (Fsp3) is 1.00. The van der Waals surface area contributed by atoms with Gasteiger partial charge in [0.1, 0.15) is 0 Å². The van der Waals surface area contributed by atoms with E-state index >= 15 is 0 Å². The van der Waals surface area contributed by atoms with E-state index in [1.807, 2.05) is 0 Å². The first-order valence-corrected chi connectivity index (χ1v) is 6.21. The molecule has 1 aliphatic rings. The highest BCUT2D eigenvalue weighted by Gasteiger charge is 2.32. The Morgan fingerprint density at radius 1 is 1.29 bits per heavy atom.